The predicted molar refractivity (Wildman–Crippen MR) is 75.0 cm³/mol. The number of ether oxygens (including phenoxy) is 1. The predicted octanol–water partition coefficient (Wildman–Crippen LogP) is 2.34. The minimum Gasteiger partial charge on any atom is -0.436 e. The van der Waals surface area contributed by atoms with Gasteiger partial charge in [-0.3, -0.25) is 0 Å². The molecule has 0 bridgehead atoms. The van der Waals surface area contributed by atoms with Crippen LogP contribution in [0.2, 0.25) is 32.2 Å². The molecule has 0 aromatic rings. The average molecular weight is 281 g/mol. The summed E-state index contributed by atoms with van der Waals surface area (Å²) in [5.74, 6) is 0. The molecule has 0 aromatic carbocycles. The van der Waals surface area contributed by atoms with Crippen molar-refractivity contribution in [1.82, 2.24) is 0 Å². The molecule has 0 saturated heterocycles. The summed E-state index contributed by atoms with van der Waals surface area (Å²) in [6, 6.07) is 1.06. The molecular weight excluding hydrogens is 252 g/mol. The molecule has 0 rings (SSSR count). The van der Waals surface area contributed by atoms with Crippen molar-refractivity contribution < 1.29 is 18.4 Å². The SMILES string of the molecule is CO[Si](C)(C)O[Si](C)(C)CCCOCC(C)O. The molecule has 0 spiro atoms. The second kappa shape index (κ2) is 7.65. The van der Waals surface area contributed by atoms with Crippen molar-refractivity contribution >= 4 is 16.9 Å². The van der Waals surface area contributed by atoms with Gasteiger partial charge in [-0.1, -0.05) is 0 Å². The molecule has 0 aliphatic heterocycles. The molecule has 1 N–H and O–H groups in total. The van der Waals surface area contributed by atoms with Crippen molar-refractivity contribution in [2.75, 3.05) is 20.3 Å². The molecule has 0 fully saturated rings. The first-order chi connectivity index (χ1) is 7.68. The summed E-state index contributed by atoms with van der Waals surface area (Å²) in [6.45, 7) is 11.4. The maximum atomic E-state index is 9.04. The molecule has 0 amide bonds. The molecule has 0 aromatic heterocycles. The van der Waals surface area contributed by atoms with Gasteiger partial charge in [-0.05, 0) is 45.6 Å². The van der Waals surface area contributed by atoms with Crippen molar-refractivity contribution in [2.24, 2.45) is 0 Å². The summed E-state index contributed by atoms with van der Waals surface area (Å²) in [6.07, 6.45) is 0.608. The third kappa shape index (κ3) is 9.93. The quantitative estimate of drug-likeness (QED) is 0.520. The summed E-state index contributed by atoms with van der Waals surface area (Å²) in [4.78, 5) is 0. The summed E-state index contributed by atoms with van der Waals surface area (Å²) < 4.78 is 16.9. The topological polar surface area (TPSA) is 47.9 Å². The highest BCUT2D eigenvalue weighted by molar-refractivity contribution is 6.82. The van der Waals surface area contributed by atoms with Gasteiger partial charge in [-0.2, -0.15) is 0 Å². The van der Waals surface area contributed by atoms with Crippen LogP contribution in [-0.4, -0.2) is 48.4 Å². The smallest absolute Gasteiger partial charge is 0.321 e. The van der Waals surface area contributed by atoms with E-state index in [0.717, 1.165) is 12.5 Å². The Morgan fingerprint density at radius 1 is 1.18 bits per heavy atom. The van der Waals surface area contributed by atoms with Crippen molar-refractivity contribution in [1.29, 1.82) is 0 Å². The van der Waals surface area contributed by atoms with E-state index in [-0.39, 0.29) is 6.10 Å². The number of rotatable bonds is 9. The Morgan fingerprint density at radius 3 is 2.24 bits per heavy atom. The standard InChI is InChI=1S/C11H28O4Si2/c1-11(12)10-14-8-7-9-16(3,4)15-17(5,6)13-2/h11-12H,7-10H2,1-6H3. The first kappa shape index (κ1) is 17.3. The van der Waals surface area contributed by atoms with Gasteiger partial charge < -0.3 is 18.4 Å². The van der Waals surface area contributed by atoms with E-state index in [1.54, 1.807) is 14.0 Å². The normalized spacial score (nSPS) is 15.0. The Balaban J connectivity index is 3.78. The van der Waals surface area contributed by atoms with E-state index >= 15 is 0 Å². The first-order valence-electron chi connectivity index (χ1n) is 6.20. The summed E-state index contributed by atoms with van der Waals surface area (Å²) in [5, 5.41) is 9.04. The number of aliphatic hydroxyl groups excluding tert-OH is 1. The van der Waals surface area contributed by atoms with E-state index in [9.17, 15) is 0 Å². The molecule has 0 radical (unpaired) electrons. The second-order valence-electron chi connectivity index (χ2n) is 5.49. The van der Waals surface area contributed by atoms with Crippen LogP contribution in [0.1, 0.15) is 13.3 Å². The molecule has 6 heteroatoms. The van der Waals surface area contributed by atoms with E-state index in [0.29, 0.717) is 13.2 Å². The number of hydrogen-bond acceptors (Lipinski definition) is 4. The summed E-state index contributed by atoms with van der Waals surface area (Å²) in [7, 11) is -1.84. The van der Waals surface area contributed by atoms with Gasteiger partial charge in [0.05, 0.1) is 12.7 Å². The monoisotopic (exact) mass is 280 g/mol. The van der Waals surface area contributed by atoms with Gasteiger partial charge in [-0.25, -0.2) is 0 Å². The lowest BCUT2D eigenvalue weighted by molar-refractivity contribution is 0.0464. The van der Waals surface area contributed by atoms with Crippen molar-refractivity contribution in [3.8, 4) is 0 Å². The molecule has 0 aliphatic rings. The lowest BCUT2D eigenvalue weighted by atomic mass is 10.4. The van der Waals surface area contributed by atoms with Gasteiger partial charge in [0.1, 0.15) is 0 Å². The fourth-order valence-electron chi connectivity index (χ4n) is 1.61. The maximum absolute atomic E-state index is 9.04. The van der Waals surface area contributed by atoms with Crippen LogP contribution >= 0.6 is 0 Å². The van der Waals surface area contributed by atoms with Gasteiger partial charge in [0.15, 0.2) is 8.32 Å². The van der Waals surface area contributed by atoms with Crippen LogP contribution in [-0.2, 0) is 13.3 Å². The van der Waals surface area contributed by atoms with Crippen LogP contribution in [0.25, 0.3) is 0 Å². The largest absolute Gasteiger partial charge is 0.436 e. The summed E-state index contributed by atoms with van der Waals surface area (Å²) >= 11 is 0. The molecule has 4 nitrogen and oxygen atoms in total. The fraction of sp³-hybridized carbons (Fsp3) is 1.00. The number of hydrogen-bond donors (Lipinski definition) is 1. The fourth-order valence-corrected chi connectivity index (χ4v) is 8.67. The molecule has 0 aliphatic carbocycles. The van der Waals surface area contributed by atoms with Crippen LogP contribution in [0, 0.1) is 0 Å². The zero-order valence-electron chi connectivity index (χ0n) is 12.1. The highest BCUT2D eigenvalue weighted by Gasteiger charge is 2.33. The van der Waals surface area contributed by atoms with Crippen molar-refractivity contribution in [2.45, 2.75) is 51.7 Å². The van der Waals surface area contributed by atoms with E-state index in [2.05, 4.69) is 26.2 Å². The molecule has 1 atom stereocenters. The van der Waals surface area contributed by atoms with Gasteiger partial charge in [-0.15, -0.1) is 0 Å². The molecule has 1 unspecified atom stereocenters. The Kier molecular flexibility index (Phi) is 7.78. The summed E-state index contributed by atoms with van der Waals surface area (Å²) in [5.41, 5.74) is 0. The van der Waals surface area contributed by atoms with E-state index in [1.165, 1.54) is 0 Å². The van der Waals surface area contributed by atoms with Crippen LogP contribution in [0.5, 0.6) is 0 Å². The van der Waals surface area contributed by atoms with Crippen LogP contribution in [0.4, 0.5) is 0 Å². The second-order valence-corrected chi connectivity index (χ2v) is 13.5. The number of aliphatic hydroxyl groups is 1. The van der Waals surface area contributed by atoms with Gasteiger partial charge in [0.2, 0.25) is 0 Å². The molecule has 17 heavy (non-hydrogen) atoms. The third-order valence-corrected chi connectivity index (χ3v) is 9.16. The molecule has 0 heterocycles. The van der Waals surface area contributed by atoms with Crippen molar-refractivity contribution in [3.63, 3.8) is 0 Å². The van der Waals surface area contributed by atoms with E-state index in [1.807, 2.05) is 0 Å². The maximum Gasteiger partial charge on any atom is 0.321 e. The Labute approximate surface area is 108 Å². The van der Waals surface area contributed by atoms with E-state index in [4.69, 9.17) is 18.4 Å². The van der Waals surface area contributed by atoms with Gasteiger partial charge >= 0.3 is 8.56 Å². The van der Waals surface area contributed by atoms with E-state index < -0.39 is 16.9 Å². The highest BCUT2D eigenvalue weighted by Crippen LogP contribution is 2.20. The Morgan fingerprint density at radius 2 is 1.76 bits per heavy atom. The first-order valence-corrected chi connectivity index (χ1v) is 12.1. The molecule has 104 valence electrons. The van der Waals surface area contributed by atoms with Crippen LogP contribution in [0.3, 0.4) is 0 Å². The molecule has 0 saturated carbocycles. The van der Waals surface area contributed by atoms with Crippen LogP contribution < -0.4 is 0 Å². The Bertz CT molecular complexity index is 208. The highest BCUT2D eigenvalue weighted by atomic mass is 28.4. The Hall–Kier alpha value is 0.274. The molecular formula is C11H28O4Si2. The van der Waals surface area contributed by atoms with Gasteiger partial charge in [0.25, 0.3) is 0 Å². The van der Waals surface area contributed by atoms with Gasteiger partial charge in [0, 0.05) is 13.7 Å². The average Bonchev–Trinajstić information content (AvgIpc) is 2.15. The lowest BCUT2D eigenvalue weighted by Crippen LogP contribution is -2.45. The minimum absolute atomic E-state index is 0.378. The zero-order chi connectivity index (χ0) is 13.5. The zero-order valence-corrected chi connectivity index (χ0v) is 14.1. The van der Waals surface area contributed by atoms with Crippen LogP contribution in [0.15, 0.2) is 0 Å². The minimum atomic E-state index is -1.92. The van der Waals surface area contributed by atoms with Crippen molar-refractivity contribution in [3.05, 3.63) is 0 Å². The lowest BCUT2D eigenvalue weighted by Gasteiger charge is -2.32. The third-order valence-electron chi connectivity index (χ3n) is 2.44.